The molecule has 7 heteroatoms. The summed E-state index contributed by atoms with van der Waals surface area (Å²) >= 11 is 12.4. The highest BCUT2D eigenvalue weighted by Gasteiger charge is 2.18. The van der Waals surface area contributed by atoms with Crippen molar-refractivity contribution in [2.24, 2.45) is 0 Å². The van der Waals surface area contributed by atoms with E-state index in [1.165, 1.54) is 7.11 Å². The summed E-state index contributed by atoms with van der Waals surface area (Å²) in [6.45, 7) is 0.660. The molecule has 4 aromatic carbocycles. The third-order valence-corrected chi connectivity index (χ3v) is 6.98. The second-order valence-corrected chi connectivity index (χ2v) is 9.81. The molecule has 0 unspecified atom stereocenters. The van der Waals surface area contributed by atoms with Crippen LogP contribution >= 0.6 is 23.2 Å². The quantitative estimate of drug-likeness (QED) is 0.162. The lowest BCUT2D eigenvalue weighted by molar-refractivity contribution is 0.0600. The number of nitrogens with zero attached hydrogens (tertiary/aromatic N) is 2. The molecule has 5 aromatic rings. The number of carbonyl (C=O) groups excluding carboxylic acids is 1. The Hall–Kier alpha value is -3.93. The van der Waals surface area contributed by atoms with Crippen molar-refractivity contribution in [2.75, 3.05) is 19.0 Å². The molecule has 0 amide bonds. The second-order valence-electron chi connectivity index (χ2n) is 8.94. The van der Waals surface area contributed by atoms with E-state index in [2.05, 4.69) is 51.9 Å². The maximum Gasteiger partial charge on any atom is 0.337 e. The fourth-order valence-corrected chi connectivity index (χ4v) is 4.85. The van der Waals surface area contributed by atoms with E-state index in [0.717, 1.165) is 45.3 Å². The van der Waals surface area contributed by atoms with Gasteiger partial charge in [-0.2, -0.15) is 10.2 Å². The van der Waals surface area contributed by atoms with E-state index in [9.17, 15) is 4.79 Å². The van der Waals surface area contributed by atoms with E-state index in [1.54, 1.807) is 12.3 Å². The first-order valence-electron chi connectivity index (χ1n) is 12.2. The molecule has 1 aromatic heterocycles. The highest BCUT2D eigenvalue weighted by Crippen LogP contribution is 2.35. The lowest BCUT2D eigenvalue weighted by atomic mass is 9.84. The lowest BCUT2D eigenvalue weighted by Crippen LogP contribution is -2.08. The van der Waals surface area contributed by atoms with Gasteiger partial charge in [-0.1, -0.05) is 65.7 Å². The minimum atomic E-state index is -0.340. The van der Waals surface area contributed by atoms with Gasteiger partial charge in [-0.3, -0.25) is 0 Å². The number of nitrogens with one attached hydrogen (secondary N) is 1. The van der Waals surface area contributed by atoms with E-state index in [0.29, 0.717) is 22.2 Å². The molecular weight excluding hydrogens is 517 g/mol. The SMILES string of the molecule is COC(=O)c1cccc(CCNc2cnnc3ccc(C(c4ccc(Cl)cc4)c4ccc(Cl)cc4)cc23)c1. The van der Waals surface area contributed by atoms with Crippen LogP contribution in [-0.4, -0.2) is 29.8 Å². The Morgan fingerprint density at radius 3 is 2.18 bits per heavy atom. The average molecular weight is 542 g/mol. The molecule has 0 bridgehead atoms. The van der Waals surface area contributed by atoms with Gasteiger partial charge in [0.1, 0.15) is 0 Å². The smallest absolute Gasteiger partial charge is 0.337 e. The predicted octanol–water partition coefficient (Wildman–Crippen LogP) is 7.56. The number of halogens is 2. The van der Waals surface area contributed by atoms with Crippen LogP contribution < -0.4 is 5.32 Å². The Balaban J connectivity index is 1.45. The van der Waals surface area contributed by atoms with Gasteiger partial charge < -0.3 is 10.1 Å². The zero-order valence-electron chi connectivity index (χ0n) is 20.7. The monoisotopic (exact) mass is 541 g/mol. The Bertz CT molecular complexity index is 1530. The maximum atomic E-state index is 11.9. The van der Waals surface area contributed by atoms with Gasteiger partial charge in [-0.25, -0.2) is 4.79 Å². The molecule has 0 aliphatic carbocycles. The average Bonchev–Trinajstić information content (AvgIpc) is 2.95. The number of hydrogen-bond donors (Lipinski definition) is 1. The van der Waals surface area contributed by atoms with Gasteiger partial charge in [-0.05, 0) is 77.2 Å². The zero-order valence-corrected chi connectivity index (χ0v) is 22.2. The molecule has 5 rings (SSSR count). The molecule has 0 radical (unpaired) electrons. The van der Waals surface area contributed by atoms with Crippen molar-refractivity contribution < 1.29 is 9.53 Å². The summed E-state index contributed by atoms with van der Waals surface area (Å²) in [5.74, 6) is -0.358. The number of fused-ring (bicyclic) bond motifs is 1. The van der Waals surface area contributed by atoms with E-state index in [4.69, 9.17) is 27.9 Å². The minimum absolute atomic E-state index is 0.0176. The third-order valence-electron chi connectivity index (χ3n) is 6.48. The lowest BCUT2D eigenvalue weighted by Gasteiger charge is -2.20. The molecule has 0 atom stereocenters. The van der Waals surface area contributed by atoms with E-state index in [1.807, 2.05) is 48.5 Å². The zero-order chi connectivity index (χ0) is 26.5. The second kappa shape index (κ2) is 11.6. The Morgan fingerprint density at radius 1 is 0.868 bits per heavy atom. The van der Waals surface area contributed by atoms with Gasteiger partial charge in [-0.15, -0.1) is 0 Å². The van der Waals surface area contributed by atoms with Gasteiger partial charge >= 0.3 is 5.97 Å². The first-order valence-corrected chi connectivity index (χ1v) is 12.9. The number of anilines is 1. The van der Waals surface area contributed by atoms with Gasteiger partial charge in [0.25, 0.3) is 0 Å². The molecule has 0 fully saturated rings. The Labute approximate surface area is 231 Å². The van der Waals surface area contributed by atoms with Crippen LogP contribution in [0, 0.1) is 0 Å². The summed E-state index contributed by atoms with van der Waals surface area (Å²) in [5.41, 5.74) is 6.64. The maximum absolute atomic E-state index is 11.9. The van der Waals surface area contributed by atoms with Gasteiger partial charge in [0.05, 0.1) is 30.1 Å². The number of esters is 1. The molecule has 1 N–H and O–H groups in total. The highest BCUT2D eigenvalue weighted by molar-refractivity contribution is 6.30. The largest absolute Gasteiger partial charge is 0.465 e. The number of rotatable bonds is 8. The van der Waals surface area contributed by atoms with E-state index >= 15 is 0 Å². The third kappa shape index (κ3) is 5.80. The summed E-state index contributed by atoms with van der Waals surface area (Å²) < 4.78 is 4.84. The predicted molar refractivity (Wildman–Crippen MR) is 153 cm³/mol. The summed E-state index contributed by atoms with van der Waals surface area (Å²) in [6.07, 6.45) is 2.48. The number of ether oxygens (including phenoxy) is 1. The fourth-order valence-electron chi connectivity index (χ4n) is 4.60. The van der Waals surface area contributed by atoms with Crippen molar-refractivity contribution in [1.82, 2.24) is 10.2 Å². The van der Waals surface area contributed by atoms with Crippen molar-refractivity contribution in [3.05, 3.63) is 135 Å². The van der Waals surface area contributed by atoms with Crippen LogP contribution in [0.25, 0.3) is 10.9 Å². The normalized spacial score (nSPS) is 11.1. The molecule has 0 aliphatic rings. The van der Waals surface area contributed by atoms with Crippen LogP contribution in [-0.2, 0) is 11.2 Å². The summed E-state index contributed by atoms with van der Waals surface area (Å²) in [6, 6.07) is 29.6. The topological polar surface area (TPSA) is 64.1 Å². The molecule has 38 heavy (non-hydrogen) atoms. The van der Waals surface area contributed by atoms with Crippen molar-refractivity contribution in [1.29, 1.82) is 0 Å². The molecule has 0 spiro atoms. The summed E-state index contributed by atoms with van der Waals surface area (Å²) in [7, 11) is 1.39. The number of aromatic nitrogens is 2. The van der Waals surface area contributed by atoms with E-state index < -0.39 is 0 Å². The summed E-state index contributed by atoms with van der Waals surface area (Å²) in [4.78, 5) is 11.9. The standard InChI is InChI=1S/C31H25Cl2N3O2/c1-38-31(37)24-4-2-3-20(17-24)15-16-34-29-19-35-36-28-14-9-23(18-27(28)29)30(21-5-10-25(32)11-6-21)22-7-12-26(33)13-8-22/h2-14,17-19,30H,15-16H2,1H3,(H,34,36). The van der Waals surface area contributed by atoms with Gasteiger partial charge in [0.15, 0.2) is 0 Å². The molecule has 0 saturated carbocycles. The fraction of sp³-hybridized carbons (Fsp3) is 0.129. The van der Waals surface area contributed by atoms with Gasteiger partial charge in [0, 0.05) is 27.9 Å². The van der Waals surface area contributed by atoms with Gasteiger partial charge in [0.2, 0.25) is 0 Å². The van der Waals surface area contributed by atoms with Crippen molar-refractivity contribution >= 4 is 45.8 Å². The van der Waals surface area contributed by atoms with Crippen molar-refractivity contribution in [3.63, 3.8) is 0 Å². The Kier molecular flexibility index (Phi) is 7.87. The van der Waals surface area contributed by atoms with Crippen LogP contribution in [0.3, 0.4) is 0 Å². The van der Waals surface area contributed by atoms with Crippen LogP contribution in [0.1, 0.15) is 38.5 Å². The molecule has 190 valence electrons. The van der Waals surface area contributed by atoms with Crippen LogP contribution in [0.2, 0.25) is 10.0 Å². The molecule has 0 aliphatic heterocycles. The highest BCUT2D eigenvalue weighted by atomic mass is 35.5. The number of benzene rings is 4. The summed E-state index contributed by atoms with van der Waals surface area (Å²) in [5, 5.41) is 14.4. The van der Waals surface area contributed by atoms with Crippen LogP contribution in [0.4, 0.5) is 5.69 Å². The molecule has 0 saturated heterocycles. The van der Waals surface area contributed by atoms with Crippen LogP contribution in [0.15, 0.2) is 97.2 Å². The molecule has 1 heterocycles. The van der Waals surface area contributed by atoms with Crippen molar-refractivity contribution in [3.8, 4) is 0 Å². The molecule has 5 nitrogen and oxygen atoms in total. The van der Waals surface area contributed by atoms with Crippen LogP contribution in [0.5, 0.6) is 0 Å². The number of methoxy groups -OCH3 is 1. The first kappa shape index (κ1) is 25.7. The van der Waals surface area contributed by atoms with E-state index in [-0.39, 0.29) is 11.9 Å². The first-order chi connectivity index (χ1) is 18.5. The van der Waals surface area contributed by atoms with Crippen molar-refractivity contribution in [2.45, 2.75) is 12.3 Å². The number of hydrogen-bond acceptors (Lipinski definition) is 5. The number of carbonyl (C=O) groups is 1. The Morgan fingerprint density at radius 2 is 1.53 bits per heavy atom. The molecular formula is C31H25Cl2N3O2. The minimum Gasteiger partial charge on any atom is -0.465 e.